The molecule has 0 radical (unpaired) electrons. The average molecular weight is 388 g/mol. The molecule has 8 nitrogen and oxygen atoms in total. The Hall–Kier alpha value is -3.24. The van der Waals surface area contributed by atoms with E-state index in [1.807, 2.05) is 5.32 Å². The van der Waals surface area contributed by atoms with Gasteiger partial charge in [0.15, 0.2) is 0 Å². The zero-order chi connectivity index (χ0) is 20.2. The van der Waals surface area contributed by atoms with Gasteiger partial charge in [-0.15, -0.1) is 13.2 Å². The van der Waals surface area contributed by atoms with Crippen LogP contribution in [-0.2, 0) is 20.9 Å². The van der Waals surface area contributed by atoms with E-state index in [9.17, 15) is 32.7 Å². The lowest BCUT2D eigenvalue weighted by molar-refractivity contribution is -0.274. The van der Waals surface area contributed by atoms with E-state index in [2.05, 4.69) is 4.74 Å². The predicted molar refractivity (Wildman–Crippen MR) is 83.5 cm³/mol. The molecule has 0 fully saturated rings. The van der Waals surface area contributed by atoms with Crippen LogP contribution in [0.4, 0.5) is 13.2 Å². The van der Waals surface area contributed by atoms with Crippen molar-refractivity contribution in [3.8, 4) is 5.75 Å². The molecule has 1 aromatic rings. The molecule has 146 valence electrons. The molecule has 2 amide bonds. The number of aliphatic hydroxyl groups is 1. The molecule has 0 saturated heterocycles. The van der Waals surface area contributed by atoms with E-state index in [-0.39, 0.29) is 19.5 Å². The lowest BCUT2D eigenvalue weighted by Crippen LogP contribution is -2.43. The number of nitrogens with one attached hydrogen (secondary N) is 1. The van der Waals surface area contributed by atoms with Gasteiger partial charge in [0, 0.05) is 19.5 Å². The fourth-order valence-electron chi connectivity index (χ4n) is 2.43. The third kappa shape index (κ3) is 5.62. The predicted octanol–water partition coefficient (Wildman–Crippen LogP) is 1.33. The van der Waals surface area contributed by atoms with Gasteiger partial charge in [-0.3, -0.25) is 14.4 Å². The number of aliphatic hydroxyl groups excluding tert-OH is 1. The van der Waals surface area contributed by atoms with Gasteiger partial charge in [-0.25, -0.2) is 0 Å². The van der Waals surface area contributed by atoms with Gasteiger partial charge < -0.3 is 25.2 Å². The normalized spacial score (nSPS) is 14.9. The molecule has 0 unspecified atom stereocenters. The topological polar surface area (TPSA) is 116 Å². The van der Waals surface area contributed by atoms with Crippen LogP contribution in [0.5, 0.6) is 5.75 Å². The highest BCUT2D eigenvalue weighted by molar-refractivity contribution is 6.19. The van der Waals surface area contributed by atoms with E-state index in [1.54, 1.807) is 0 Å². The number of nitrogens with zero attached hydrogens (tertiary/aromatic N) is 1. The van der Waals surface area contributed by atoms with Gasteiger partial charge in [-0.05, 0) is 17.7 Å². The molecule has 0 bridgehead atoms. The number of halogens is 3. The smallest absolute Gasteiger partial charge is 0.511 e. The lowest BCUT2D eigenvalue weighted by Gasteiger charge is -2.28. The number of carboxylic acids is 1. The number of carbonyl (C=O) groups excluding carboxylic acids is 2. The minimum absolute atomic E-state index is 0.0325. The first-order valence-electron chi connectivity index (χ1n) is 7.63. The van der Waals surface area contributed by atoms with E-state index in [4.69, 9.17) is 5.11 Å². The zero-order valence-electron chi connectivity index (χ0n) is 13.7. The first-order chi connectivity index (χ1) is 12.6. The largest absolute Gasteiger partial charge is 0.573 e. The third-order valence-corrected chi connectivity index (χ3v) is 3.54. The van der Waals surface area contributed by atoms with Crippen molar-refractivity contribution in [3.63, 3.8) is 0 Å². The Labute approximate surface area is 150 Å². The summed E-state index contributed by atoms with van der Waals surface area (Å²) in [7, 11) is 0. The van der Waals surface area contributed by atoms with Crippen molar-refractivity contribution in [2.75, 3.05) is 13.1 Å². The summed E-state index contributed by atoms with van der Waals surface area (Å²) in [5.74, 6) is -4.16. The van der Waals surface area contributed by atoms with Gasteiger partial charge in [0.1, 0.15) is 23.6 Å². The van der Waals surface area contributed by atoms with Gasteiger partial charge >= 0.3 is 12.3 Å². The van der Waals surface area contributed by atoms with Crippen molar-refractivity contribution in [3.05, 3.63) is 41.2 Å². The van der Waals surface area contributed by atoms with E-state index < -0.39 is 47.8 Å². The van der Waals surface area contributed by atoms with Gasteiger partial charge in [0.25, 0.3) is 11.8 Å². The van der Waals surface area contributed by atoms with Crippen LogP contribution in [0.1, 0.15) is 12.0 Å². The quantitative estimate of drug-likeness (QED) is 0.633. The molecule has 1 aliphatic heterocycles. The van der Waals surface area contributed by atoms with Crippen molar-refractivity contribution in [1.29, 1.82) is 0 Å². The van der Waals surface area contributed by atoms with Gasteiger partial charge in [0.2, 0.25) is 0 Å². The number of rotatable bonds is 6. The van der Waals surface area contributed by atoms with Crippen LogP contribution in [0.3, 0.4) is 0 Å². The van der Waals surface area contributed by atoms with Crippen molar-refractivity contribution in [1.82, 2.24) is 10.2 Å². The maximum absolute atomic E-state index is 12.4. The molecule has 1 aromatic carbocycles. The number of carboxylic acid groups (broad SMARTS) is 1. The Balaban J connectivity index is 2.12. The Morgan fingerprint density at radius 1 is 1.30 bits per heavy atom. The summed E-state index contributed by atoms with van der Waals surface area (Å²) in [4.78, 5) is 36.0. The van der Waals surface area contributed by atoms with E-state index in [0.29, 0.717) is 5.56 Å². The van der Waals surface area contributed by atoms with E-state index in [1.165, 1.54) is 12.1 Å². The maximum Gasteiger partial charge on any atom is 0.573 e. The van der Waals surface area contributed by atoms with Gasteiger partial charge in [0.05, 0.1) is 0 Å². The summed E-state index contributed by atoms with van der Waals surface area (Å²) in [5, 5.41) is 20.4. The molecule has 0 spiro atoms. The second-order valence-corrected chi connectivity index (χ2v) is 5.57. The lowest BCUT2D eigenvalue weighted by atomic mass is 10.0. The van der Waals surface area contributed by atoms with Crippen LogP contribution in [0.2, 0.25) is 0 Å². The van der Waals surface area contributed by atoms with Crippen molar-refractivity contribution >= 4 is 17.8 Å². The summed E-state index contributed by atoms with van der Waals surface area (Å²) in [5.41, 5.74) is -0.276. The minimum atomic E-state index is -4.86. The fourth-order valence-corrected chi connectivity index (χ4v) is 2.43. The molecule has 0 aromatic heterocycles. The highest BCUT2D eigenvalue weighted by Crippen LogP contribution is 2.25. The van der Waals surface area contributed by atoms with E-state index in [0.717, 1.165) is 17.0 Å². The minimum Gasteiger partial charge on any atom is -0.511 e. The van der Waals surface area contributed by atoms with Crippen molar-refractivity contribution in [2.45, 2.75) is 19.3 Å². The molecular weight excluding hydrogens is 373 g/mol. The second kappa shape index (κ2) is 7.98. The summed E-state index contributed by atoms with van der Waals surface area (Å²) >= 11 is 0. The van der Waals surface area contributed by atoms with Gasteiger partial charge in [-0.1, -0.05) is 12.1 Å². The highest BCUT2D eigenvalue weighted by atomic mass is 19.4. The number of amides is 2. The van der Waals surface area contributed by atoms with E-state index >= 15 is 0 Å². The van der Waals surface area contributed by atoms with Crippen LogP contribution in [0.15, 0.2) is 35.6 Å². The Bertz CT molecular complexity index is 791. The summed E-state index contributed by atoms with van der Waals surface area (Å²) < 4.78 is 40.7. The monoisotopic (exact) mass is 388 g/mol. The standard InChI is InChI=1S/C16H15F3N2O6/c17-16(18,19)27-10-3-1-2-9(6-10)8-21-5-4-11(22)13(15(21)26)14(25)20-7-12(23)24/h1-3,6,22H,4-5,7-8H2,(H,20,25)(H,23,24). The van der Waals surface area contributed by atoms with Crippen molar-refractivity contribution in [2.24, 2.45) is 0 Å². The molecule has 3 N–H and O–H groups in total. The van der Waals surface area contributed by atoms with Crippen LogP contribution in [0, 0.1) is 0 Å². The number of alkyl halides is 3. The Kier molecular flexibility index (Phi) is 5.93. The van der Waals surface area contributed by atoms with Crippen LogP contribution >= 0.6 is 0 Å². The molecule has 0 saturated carbocycles. The first kappa shape index (κ1) is 20.1. The fraction of sp³-hybridized carbons (Fsp3) is 0.312. The SMILES string of the molecule is O=C(O)CNC(=O)C1=C(O)CCN(Cc2cccc(OC(F)(F)F)c2)C1=O. The maximum atomic E-state index is 12.4. The molecule has 1 heterocycles. The molecule has 0 atom stereocenters. The van der Waals surface area contributed by atoms with Gasteiger partial charge in [-0.2, -0.15) is 0 Å². The van der Waals surface area contributed by atoms with Crippen LogP contribution in [0.25, 0.3) is 0 Å². The van der Waals surface area contributed by atoms with Crippen molar-refractivity contribution < 1.29 is 42.5 Å². The third-order valence-electron chi connectivity index (χ3n) is 3.54. The summed E-state index contributed by atoms with van der Waals surface area (Å²) in [6.07, 6.45) is -4.91. The molecule has 1 aliphatic rings. The summed E-state index contributed by atoms with van der Waals surface area (Å²) in [6.45, 7) is -0.832. The number of hydrogen-bond acceptors (Lipinski definition) is 5. The highest BCUT2D eigenvalue weighted by Gasteiger charge is 2.33. The molecular formula is C16H15F3N2O6. The Morgan fingerprint density at radius 2 is 2.00 bits per heavy atom. The zero-order valence-corrected chi connectivity index (χ0v) is 13.7. The first-order valence-corrected chi connectivity index (χ1v) is 7.63. The molecule has 11 heteroatoms. The number of ether oxygens (including phenoxy) is 1. The number of carbonyl (C=O) groups is 3. The van der Waals surface area contributed by atoms with Crippen LogP contribution < -0.4 is 10.1 Å². The van der Waals surface area contributed by atoms with Crippen LogP contribution in [-0.4, -0.2) is 52.3 Å². The molecule has 27 heavy (non-hydrogen) atoms. The molecule has 2 rings (SSSR count). The summed E-state index contributed by atoms with van der Waals surface area (Å²) in [6, 6.07) is 4.99. The Morgan fingerprint density at radius 3 is 2.63 bits per heavy atom. The number of benzene rings is 1. The number of aliphatic carboxylic acids is 1. The average Bonchev–Trinajstić information content (AvgIpc) is 2.54. The second-order valence-electron chi connectivity index (χ2n) is 5.57. The number of hydrogen-bond donors (Lipinski definition) is 3. The molecule has 0 aliphatic carbocycles.